The summed E-state index contributed by atoms with van der Waals surface area (Å²) in [6, 6.07) is 72.2. The minimum atomic E-state index is 0.651. The zero-order valence-corrected chi connectivity index (χ0v) is 34.8. The van der Waals surface area contributed by atoms with Gasteiger partial charge in [-0.05, 0) is 91.0 Å². The van der Waals surface area contributed by atoms with Crippen molar-refractivity contribution in [1.82, 2.24) is 15.0 Å². The molecule has 5 heteroatoms. The van der Waals surface area contributed by atoms with E-state index in [9.17, 15) is 0 Å². The Morgan fingerprint density at radius 3 is 1.48 bits per heavy atom. The highest BCUT2D eigenvalue weighted by molar-refractivity contribution is 7.26. The van der Waals surface area contributed by atoms with Crippen molar-refractivity contribution in [2.24, 2.45) is 0 Å². The van der Waals surface area contributed by atoms with Gasteiger partial charge in [-0.1, -0.05) is 164 Å². The van der Waals surface area contributed by atoms with Crippen LogP contribution in [0, 0.1) is 0 Å². The van der Waals surface area contributed by atoms with Gasteiger partial charge >= 0.3 is 0 Å². The van der Waals surface area contributed by atoms with Crippen LogP contribution >= 0.6 is 22.7 Å². The van der Waals surface area contributed by atoms with E-state index in [0.29, 0.717) is 17.5 Å². The van der Waals surface area contributed by atoms with E-state index in [1.165, 1.54) is 89.4 Å². The maximum Gasteiger partial charge on any atom is 0.165 e. The molecular weight excluding hydrogens is 791 g/mol. The van der Waals surface area contributed by atoms with Gasteiger partial charge in [-0.15, -0.1) is 22.7 Å². The lowest BCUT2D eigenvalue weighted by molar-refractivity contribution is 1.08. The molecule has 0 aliphatic carbocycles. The molecule has 0 bridgehead atoms. The molecule has 3 heterocycles. The molecule has 0 amide bonds. The van der Waals surface area contributed by atoms with Gasteiger partial charge in [-0.3, -0.25) is 0 Å². The summed E-state index contributed by atoms with van der Waals surface area (Å²) in [5, 5.41) is 12.8. The van der Waals surface area contributed by atoms with Crippen LogP contribution < -0.4 is 0 Å². The van der Waals surface area contributed by atoms with E-state index in [0.717, 1.165) is 22.3 Å². The summed E-state index contributed by atoms with van der Waals surface area (Å²) < 4.78 is 5.00. The molecule has 0 unspecified atom stereocenters. The van der Waals surface area contributed by atoms with E-state index >= 15 is 0 Å². The predicted molar refractivity (Wildman–Crippen MR) is 265 cm³/mol. The van der Waals surface area contributed by atoms with Gasteiger partial charge in [-0.2, -0.15) is 0 Å². The highest BCUT2D eigenvalue weighted by Gasteiger charge is 2.18. The van der Waals surface area contributed by atoms with Crippen LogP contribution in [-0.4, -0.2) is 15.0 Å². The molecule has 13 aromatic rings. The molecule has 3 nitrogen and oxygen atoms in total. The molecule has 0 aliphatic rings. The standard InChI is InChI=1S/C57H33N3S2/c1-2-12-35(13-3-1)55-58-56(60-57(59-55)47-21-10-20-46-45-18-8-9-22-50(45)62-54(46)47)36-26-24-34(25-27-36)39-19-11-23-52-53(39)49-33-38(29-31-51(49)61-52)37-28-30-44-42-16-5-4-14-40(42)41-15-6-7-17-43(41)48(44)32-37/h1-33H. The number of benzene rings is 10. The molecule has 0 aliphatic heterocycles. The molecule has 62 heavy (non-hydrogen) atoms. The molecule has 0 spiro atoms. The average Bonchev–Trinajstić information content (AvgIpc) is 3.93. The van der Waals surface area contributed by atoms with E-state index in [1.54, 1.807) is 11.3 Å². The normalized spacial score (nSPS) is 11.9. The highest BCUT2D eigenvalue weighted by Crippen LogP contribution is 2.44. The summed E-state index contributed by atoms with van der Waals surface area (Å²) >= 11 is 3.64. The lowest BCUT2D eigenvalue weighted by Gasteiger charge is -2.12. The van der Waals surface area contributed by atoms with Crippen LogP contribution in [0.1, 0.15) is 0 Å². The number of nitrogens with zero attached hydrogens (tertiary/aromatic N) is 3. The Bertz CT molecular complexity index is 3890. The third-order valence-electron chi connectivity index (χ3n) is 12.3. The van der Waals surface area contributed by atoms with Crippen LogP contribution in [0.3, 0.4) is 0 Å². The van der Waals surface area contributed by atoms with Gasteiger partial charge in [0.1, 0.15) is 0 Å². The second-order valence-corrected chi connectivity index (χ2v) is 18.0. The summed E-state index contributed by atoms with van der Waals surface area (Å²) in [5.41, 5.74) is 7.72. The van der Waals surface area contributed by atoms with Gasteiger partial charge in [-0.25, -0.2) is 15.0 Å². The molecule has 0 atom stereocenters. The van der Waals surface area contributed by atoms with E-state index in [-0.39, 0.29) is 0 Å². The van der Waals surface area contributed by atoms with Crippen molar-refractivity contribution >= 4 is 95.3 Å². The number of aromatic nitrogens is 3. The molecule has 0 fully saturated rings. The van der Waals surface area contributed by atoms with Crippen molar-refractivity contribution in [1.29, 1.82) is 0 Å². The van der Waals surface area contributed by atoms with Gasteiger partial charge in [0.05, 0.1) is 0 Å². The van der Waals surface area contributed by atoms with Crippen molar-refractivity contribution in [2.75, 3.05) is 0 Å². The lowest BCUT2D eigenvalue weighted by Crippen LogP contribution is -2.00. The minimum absolute atomic E-state index is 0.651. The average molecular weight is 824 g/mol. The first kappa shape index (κ1) is 35.2. The summed E-state index contributed by atoms with van der Waals surface area (Å²) in [6.45, 7) is 0. The van der Waals surface area contributed by atoms with Crippen molar-refractivity contribution in [3.05, 3.63) is 200 Å². The summed E-state index contributed by atoms with van der Waals surface area (Å²) in [5.74, 6) is 1.98. The summed E-state index contributed by atoms with van der Waals surface area (Å²) in [4.78, 5) is 15.4. The van der Waals surface area contributed by atoms with Crippen LogP contribution in [0.4, 0.5) is 0 Å². The van der Waals surface area contributed by atoms with Gasteiger partial charge < -0.3 is 0 Å². The molecule has 13 rings (SSSR count). The third kappa shape index (κ3) is 5.60. The van der Waals surface area contributed by atoms with Crippen LogP contribution in [0.25, 0.3) is 129 Å². The molecule has 0 saturated carbocycles. The number of fused-ring (bicyclic) bond motifs is 12. The zero-order chi connectivity index (χ0) is 40.7. The number of rotatable bonds is 5. The molecule has 3 aromatic heterocycles. The summed E-state index contributed by atoms with van der Waals surface area (Å²) in [7, 11) is 0. The SMILES string of the molecule is c1ccc(-c2nc(-c3ccc(-c4cccc5sc6ccc(-c7ccc8c9ccccc9c9ccccc9c8c7)cc6c45)cc3)nc(-c3cccc4c3sc3ccccc34)n2)cc1. The monoisotopic (exact) mass is 823 g/mol. The van der Waals surface area contributed by atoms with Gasteiger partial charge in [0, 0.05) is 57.0 Å². The number of hydrogen-bond acceptors (Lipinski definition) is 5. The predicted octanol–water partition coefficient (Wildman–Crippen LogP) is 16.4. The van der Waals surface area contributed by atoms with E-state index in [4.69, 9.17) is 15.0 Å². The first-order valence-electron chi connectivity index (χ1n) is 20.8. The molecular formula is C57H33N3S2. The third-order valence-corrected chi connectivity index (χ3v) is 14.7. The van der Waals surface area contributed by atoms with Crippen LogP contribution in [0.5, 0.6) is 0 Å². The Labute approximate surface area is 364 Å². The van der Waals surface area contributed by atoms with E-state index in [2.05, 4.69) is 182 Å². The van der Waals surface area contributed by atoms with Gasteiger partial charge in [0.25, 0.3) is 0 Å². The fraction of sp³-hybridized carbons (Fsp3) is 0. The Kier molecular flexibility index (Phi) is 7.95. The number of thiophene rings is 2. The van der Waals surface area contributed by atoms with E-state index in [1.807, 2.05) is 29.5 Å². The van der Waals surface area contributed by atoms with E-state index < -0.39 is 0 Å². The minimum Gasteiger partial charge on any atom is -0.208 e. The second-order valence-electron chi connectivity index (χ2n) is 15.9. The molecule has 0 saturated heterocycles. The maximum atomic E-state index is 5.18. The largest absolute Gasteiger partial charge is 0.208 e. The summed E-state index contributed by atoms with van der Waals surface area (Å²) in [6.07, 6.45) is 0. The topological polar surface area (TPSA) is 38.7 Å². The first-order valence-corrected chi connectivity index (χ1v) is 22.5. The lowest BCUT2D eigenvalue weighted by atomic mass is 9.91. The smallest absolute Gasteiger partial charge is 0.165 e. The molecule has 0 N–H and O–H groups in total. The Morgan fingerprint density at radius 2 is 0.742 bits per heavy atom. The van der Waals surface area contributed by atoms with Crippen LogP contribution in [0.15, 0.2) is 200 Å². The second kappa shape index (κ2) is 14.0. The Balaban J connectivity index is 0.920. The highest BCUT2D eigenvalue weighted by atomic mass is 32.1. The number of hydrogen-bond donors (Lipinski definition) is 0. The fourth-order valence-corrected chi connectivity index (χ4v) is 11.7. The van der Waals surface area contributed by atoms with Crippen molar-refractivity contribution in [2.45, 2.75) is 0 Å². The van der Waals surface area contributed by atoms with Crippen molar-refractivity contribution in [3.8, 4) is 56.4 Å². The molecule has 288 valence electrons. The molecule has 0 radical (unpaired) electrons. The Morgan fingerprint density at radius 1 is 0.258 bits per heavy atom. The van der Waals surface area contributed by atoms with Crippen molar-refractivity contribution in [3.63, 3.8) is 0 Å². The first-order chi connectivity index (χ1) is 30.7. The van der Waals surface area contributed by atoms with Gasteiger partial charge in [0.15, 0.2) is 17.5 Å². The maximum absolute atomic E-state index is 5.18. The molecule has 10 aromatic carbocycles. The van der Waals surface area contributed by atoms with Crippen LogP contribution in [-0.2, 0) is 0 Å². The fourth-order valence-electron chi connectivity index (χ4n) is 9.40. The van der Waals surface area contributed by atoms with Gasteiger partial charge in [0.2, 0.25) is 0 Å². The Hall–Kier alpha value is -7.57. The quantitative estimate of drug-likeness (QED) is 0.162. The zero-order valence-electron chi connectivity index (χ0n) is 33.2. The van der Waals surface area contributed by atoms with Crippen LogP contribution in [0.2, 0.25) is 0 Å². The van der Waals surface area contributed by atoms with Crippen molar-refractivity contribution < 1.29 is 0 Å².